The maximum atomic E-state index is 12.9. The van der Waals surface area contributed by atoms with Crippen LogP contribution in [0.3, 0.4) is 0 Å². The molecule has 22 heavy (non-hydrogen) atoms. The van der Waals surface area contributed by atoms with Crippen LogP contribution in [0.2, 0.25) is 0 Å². The second kappa shape index (κ2) is 6.30. The number of carbonyl (C=O) groups is 1. The van der Waals surface area contributed by atoms with Crippen LogP contribution in [0.25, 0.3) is 0 Å². The Morgan fingerprint density at radius 1 is 1.23 bits per heavy atom. The molecule has 0 N–H and O–H groups in total. The van der Waals surface area contributed by atoms with E-state index >= 15 is 0 Å². The molecule has 0 spiro atoms. The molecule has 0 fully saturated rings. The highest BCUT2D eigenvalue weighted by atomic mass is 16.2. The Balaban J connectivity index is 1.88. The molecular formula is C19H22N2O. The highest BCUT2D eigenvalue weighted by Gasteiger charge is 2.35. The number of benzene rings is 1. The second-order valence-electron chi connectivity index (χ2n) is 5.97. The summed E-state index contributed by atoms with van der Waals surface area (Å²) in [6, 6.07) is 14.3. The van der Waals surface area contributed by atoms with E-state index in [0.717, 1.165) is 19.4 Å². The van der Waals surface area contributed by atoms with Gasteiger partial charge in [0.15, 0.2) is 0 Å². The van der Waals surface area contributed by atoms with Crippen LogP contribution in [0.4, 0.5) is 0 Å². The molecule has 0 aliphatic heterocycles. The topological polar surface area (TPSA) is 33.2 Å². The number of amides is 1. The number of nitrogens with zero attached hydrogens (tertiary/aromatic N) is 2. The Kier molecular flexibility index (Phi) is 4.23. The van der Waals surface area contributed by atoms with Crippen LogP contribution < -0.4 is 0 Å². The molecule has 1 amide bonds. The lowest BCUT2D eigenvalue weighted by atomic mass is 9.99. The third kappa shape index (κ3) is 2.63. The SMILES string of the molecule is CCCN(C(=O)c1ccccn1)C1Cc2ccccc2C1C. The molecule has 2 aromatic rings. The molecule has 1 aromatic heterocycles. The van der Waals surface area contributed by atoms with E-state index in [4.69, 9.17) is 0 Å². The molecule has 3 heteroatoms. The van der Waals surface area contributed by atoms with Gasteiger partial charge in [0, 0.05) is 24.7 Å². The van der Waals surface area contributed by atoms with E-state index in [1.807, 2.05) is 17.0 Å². The number of carbonyl (C=O) groups excluding carboxylic acids is 1. The summed E-state index contributed by atoms with van der Waals surface area (Å²) in [6.45, 7) is 5.12. The van der Waals surface area contributed by atoms with Gasteiger partial charge in [-0.2, -0.15) is 0 Å². The third-order valence-electron chi connectivity index (χ3n) is 4.56. The summed E-state index contributed by atoms with van der Waals surface area (Å²) in [5, 5.41) is 0. The standard InChI is InChI=1S/C19H22N2O/c1-3-12-21(19(22)17-10-6-7-11-20-17)18-13-15-8-4-5-9-16(15)14(18)2/h4-11,14,18H,3,12-13H2,1-2H3. The van der Waals surface area contributed by atoms with Gasteiger partial charge in [-0.25, -0.2) is 0 Å². The van der Waals surface area contributed by atoms with Crippen LogP contribution in [-0.4, -0.2) is 28.4 Å². The Morgan fingerprint density at radius 3 is 2.68 bits per heavy atom. The van der Waals surface area contributed by atoms with Gasteiger partial charge in [-0.1, -0.05) is 44.2 Å². The van der Waals surface area contributed by atoms with Crippen molar-refractivity contribution in [1.29, 1.82) is 0 Å². The van der Waals surface area contributed by atoms with E-state index in [9.17, 15) is 4.79 Å². The van der Waals surface area contributed by atoms with Crippen LogP contribution in [0, 0.1) is 0 Å². The Labute approximate surface area is 132 Å². The minimum Gasteiger partial charge on any atom is -0.333 e. The van der Waals surface area contributed by atoms with Crippen molar-refractivity contribution in [2.45, 2.75) is 38.6 Å². The number of rotatable bonds is 4. The quantitative estimate of drug-likeness (QED) is 0.862. The fraction of sp³-hybridized carbons (Fsp3) is 0.368. The molecule has 0 saturated carbocycles. The maximum absolute atomic E-state index is 12.9. The second-order valence-corrected chi connectivity index (χ2v) is 5.97. The molecule has 2 atom stereocenters. The van der Waals surface area contributed by atoms with Gasteiger partial charge in [0.05, 0.1) is 0 Å². The van der Waals surface area contributed by atoms with Crippen LogP contribution in [0.15, 0.2) is 48.7 Å². The molecule has 3 nitrogen and oxygen atoms in total. The Morgan fingerprint density at radius 2 is 2.00 bits per heavy atom. The lowest BCUT2D eigenvalue weighted by molar-refractivity contribution is 0.0658. The first-order valence-corrected chi connectivity index (χ1v) is 8.02. The summed E-state index contributed by atoms with van der Waals surface area (Å²) in [5.74, 6) is 0.419. The normalized spacial score (nSPS) is 19.7. The zero-order valence-electron chi connectivity index (χ0n) is 13.2. The van der Waals surface area contributed by atoms with Crippen LogP contribution in [-0.2, 0) is 6.42 Å². The number of hydrogen-bond acceptors (Lipinski definition) is 2. The Hall–Kier alpha value is -2.16. The monoisotopic (exact) mass is 294 g/mol. The van der Waals surface area contributed by atoms with Crippen molar-refractivity contribution in [3.8, 4) is 0 Å². The minimum absolute atomic E-state index is 0.0482. The van der Waals surface area contributed by atoms with E-state index in [-0.39, 0.29) is 11.9 Å². The van der Waals surface area contributed by atoms with Crippen molar-refractivity contribution < 1.29 is 4.79 Å². The number of aromatic nitrogens is 1. The largest absolute Gasteiger partial charge is 0.333 e. The number of hydrogen-bond donors (Lipinski definition) is 0. The van der Waals surface area contributed by atoms with Crippen molar-refractivity contribution in [2.24, 2.45) is 0 Å². The summed E-state index contributed by atoms with van der Waals surface area (Å²) in [4.78, 5) is 19.1. The highest BCUT2D eigenvalue weighted by molar-refractivity contribution is 5.92. The molecule has 1 aromatic carbocycles. The summed E-state index contributed by atoms with van der Waals surface area (Å²) in [6.07, 6.45) is 3.58. The van der Waals surface area contributed by atoms with Gasteiger partial charge in [-0.15, -0.1) is 0 Å². The summed E-state index contributed by atoms with van der Waals surface area (Å²) in [7, 11) is 0. The van der Waals surface area contributed by atoms with Crippen molar-refractivity contribution in [3.63, 3.8) is 0 Å². The molecule has 1 aliphatic carbocycles. The molecule has 0 bridgehead atoms. The van der Waals surface area contributed by atoms with Gasteiger partial charge in [-0.05, 0) is 36.1 Å². The van der Waals surface area contributed by atoms with Crippen molar-refractivity contribution in [3.05, 3.63) is 65.5 Å². The van der Waals surface area contributed by atoms with Crippen LogP contribution >= 0.6 is 0 Å². The van der Waals surface area contributed by atoms with Gasteiger partial charge < -0.3 is 4.90 Å². The highest BCUT2D eigenvalue weighted by Crippen LogP contribution is 2.36. The van der Waals surface area contributed by atoms with Crippen molar-refractivity contribution in [1.82, 2.24) is 9.88 Å². The molecule has 0 radical (unpaired) electrons. The third-order valence-corrected chi connectivity index (χ3v) is 4.56. The molecule has 114 valence electrons. The number of fused-ring (bicyclic) bond motifs is 1. The average molecular weight is 294 g/mol. The average Bonchev–Trinajstić information content (AvgIpc) is 2.90. The number of pyridine rings is 1. The fourth-order valence-electron chi connectivity index (χ4n) is 3.45. The molecule has 3 rings (SSSR count). The van der Waals surface area contributed by atoms with Crippen molar-refractivity contribution in [2.75, 3.05) is 6.54 Å². The van der Waals surface area contributed by atoms with Gasteiger partial charge in [-0.3, -0.25) is 9.78 Å². The first-order chi connectivity index (χ1) is 10.7. The Bertz CT molecular complexity index is 653. The lowest BCUT2D eigenvalue weighted by Crippen LogP contribution is -2.43. The minimum atomic E-state index is 0.0482. The van der Waals surface area contributed by atoms with Gasteiger partial charge in [0.2, 0.25) is 0 Å². The predicted molar refractivity (Wildman–Crippen MR) is 87.9 cm³/mol. The van der Waals surface area contributed by atoms with E-state index in [1.165, 1.54) is 11.1 Å². The van der Waals surface area contributed by atoms with E-state index in [2.05, 4.69) is 43.1 Å². The van der Waals surface area contributed by atoms with Gasteiger partial charge >= 0.3 is 0 Å². The van der Waals surface area contributed by atoms with E-state index < -0.39 is 0 Å². The van der Waals surface area contributed by atoms with Gasteiger partial charge in [0.25, 0.3) is 5.91 Å². The maximum Gasteiger partial charge on any atom is 0.272 e. The smallest absolute Gasteiger partial charge is 0.272 e. The first-order valence-electron chi connectivity index (χ1n) is 8.02. The molecule has 1 aliphatic rings. The summed E-state index contributed by atoms with van der Waals surface area (Å²) < 4.78 is 0. The van der Waals surface area contributed by atoms with Crippen LogP contribution in [0.5, 0.6) is 0 Å². The molecular weight excluding hydrogens is 272 g/mol. The molecule has 0 saturated heterocycles. The van der Waals surface area contributed by atoms with E-state index in [1.54, 1.807) is 12.3 Å². The first kappa shape index (κ1) is 14.8. The predicted octanol–water partition coefficient (Wildman–Crippen LogP) is 3.66. The summed E-state index contributed by atoms with van der Waals surface area (Å²) >= 11 is 0. The molecule has 2 unspecified atom stereocenters. The zero-order valence-corrected chi connectivity index (χ0v) is 13.2. The fourth-order valence-corrected chi connectivity index (χ4v) is 3.45. The van der Waals surface area contributed by atoms with Crippen molar-refractivity contribution >= 4 is 5.91 Å². The zero-order chi connectivity index (χ0) is 15.5. The molecule has 1 heterocycles. The van der Waals surface area contributed by atoms with Gasteiger partial charge in [0.1, 0.15) is 5.69 Å². The van der Waals surface area contributed by atoms with Crippen LogP contribution in [0.1, 0.15) is 47.8 Å². The lowest BCUT2D eigenvalue weighted by Gasteiger charge is -2.31. The summed E-state index contributed by atoms with van der Waals surface area (Å²) in [5.41, 5.74) is 3.29. The van der Waals surface area contributed by atoms with E-state index in [0.29, 0.717) is 11.6 Å².